The minimum absolute atomic E-state index is 0.00338. The summed E-state index contributed by atoms with van der Waals surface area (Å²) in [4.78, 5) is 38.5. The number of nitrogens with one attached hydrogen (secondary N) is 1. The molecule has 0 bridgehead atoms. The van der Waals surface area contributed by atoms with Gasteiger partial charge in [-0.1, -0.05) is 18.2 Å². The summed E-state index contributed by atoms with van der Waals surface area (Å²) in [7, 11) is 2.95. The average molecular weight is 412 g/mol. The number of amides is 2. The van der Waals surface area contributed by atoms with E-state index >= 15 is 0 Å². The zero-order valence-corrected chi connectivity index (χ0v) is 17.1. The number of methoxy groups -OCH3 is 2. The molecule has 1 aliphatic heterocycles. The number of carbonyl (C=O) groups excluding carboxylic acids is 3. The lowest BCUT2D eigenvalue weighted by Crippen LogP contribution is -2.39. The lowest BCUT2D eigenvalue weighted by molar-refractivity contribution is -0.146. The van der Waals surface area contributed by atoms with Gasteiger partial charge in [-0.2, -0.15) is 0 Å². The molecule has 3 rings (SSSR count). The third-order valence-electron chi connectivity index (χ3n) is 4.84. The van der Waals surface area contributed by atoms with Crippen molar-refractivity contribution in [3.63, 3.8) is 0 Å². The van der Waals surface area contributed by atoms with Gasteiger partial charge in [-0.3, -0.25) is 14.4 Å². The van der Waals surface area contributed by atoms with Crippen molar-refractivity contribution in [3.05, 3.63) is 53.6 Å². The Kier molecular flexibility index (Phi) is 6.56. The molecule has 0 spiro atoms. The molecule has 2 aromatic carbocycles. The molecule has 2 amide bonds. The molecule has 0 aliphatic carbocycles. The number of esters is 1. The van der Waals surface area contributed by atoms with E-state index < -0.39 is 11.9 Å². The molecular formula is C22H24N2O6. The molecule has 0 radical (unpaired) electrons. The Hall–Kier alpha value is -3.55. The summed E-state index contributed by atoms with van der Waals surface area (Å²) in [5.74, 6) is -0.589. The summed E-state index contributed by atoms with van der Waals surface area (Å²) >= 11 is 0. The van der Waals surface area contributed by atoms with Gasteiger partial charge in [0.1, 0.15) is 18.0 Å². The summed E-state index contributed by atoms with van der Waals surface area (Å²) in [6.07, 6.45) is 0.760. The number of benzene rings is 2. The van der Waals surface area contributed by atoms with Gasteiger partial charge in [0.2, 0.25) is 0 Å². The third kappa shape index (κ3) is 4.71. The zero-order chi connectivity index (χ0) is 21.7. The summed E-state index contributed by atoms with van der Waals surface area (Å²) in [6, 6.07) is 12.3. The van der Waals surface area contributed by atoms with Gasteiger partial charge in [0.25, 0.3) is 11.8 Å². The van der Waals surface area contributed by atoms with Gasteiger partial charge in [-0.25, -0.2) is 0 Å². The van der Waals surface area contributed by atoms with E-state index in [1.165, 1.54) is 26.4 Å². The summed E-state index contributed by atoms with van der Waals surface area (Å²) in [6.45, 7) is 1.19. The number of para-hydroxylation sites is 1. The largest absolute Gasteiger partial charge is 0.497 e. The lowest BCUT2D eigenvalue weighted by Gasteiger charge is -2.22. The van der Waals surface area contributed by atoms with E-state index in [1.54, 1.807) is 11.0 Å². The van der Waals surface area contributed by atoms with Crippen LogP contribution in [0.4, 0.5) is 5.69 Å². The third-order valence-corrected chi connectivity index (χ3v) is 4.84. The maximum Gasteiger partial charge on any atom is 0.325 e. The van der Waals surface area contributed by atoms with Gasteiger partial charge in [0.15, 0.2) is 6.61 Å². The first-order valence-corrected chi connectivity index (χ1v) is 9.49. The predicted octanol–water partition coefficient (Wildman–Crippen LogP) is 1.95. The van der Waals surface area contributed by atoms with Crippen LogP contribution >= 0.6 is 0 Å². The van der Waals surface area contributed by atoms with Gasteiger partial charge >= 0.3 is 5.97 Å². The normalized spacial score (nSPS) is 14.6. The number of nitrogens with zero attached hydrogens (tertiary/aromatic N) is 1. The van der Waals surface area contributed by atoms with Gasteiger partial charge < -0.3 is 24.4 Å². The van der Waals surface area contributed by atoms with Crippen LogP contribution in [0.5, 0.6) is 11.5 Å². The molecule has 158 valence electrons. The molecule has 1 aliphatic rings. The topological polar surface area (TPSA) is 94.2 Å². The second-order valence-corrected chi connectivity index (χ2v) is 6.89. The van der Waals surface area contributed by atoms with E-state index in [9.17, 15) is 14.4 Å². The van der Waals surface area contributed by atoms with Crippen LogP contribution in [0.1, 0.15) is 22.8 Å². The van der Waals surface area contributed by atoms with Crippen LogP contribution in [0, 0.1) is 0 Å². The van der Waals surface area contributed by atoms with E-state index in [4.69, 9.17) is 14.2 Å². The zero-order valence-electron chi connectivity index (χ0n) is 17.1. The number of hydrogen-bond donors (Lipinski definition) is 1. The van der Waals surface area contributed by atoms with E-state index in [0.29, 0.717) is 11.5 Å². The first-order valence-electron chi connectivity index (χ1n) is 9.49. The van der Waals surface area contributed by atoms with Crippen LogP contribution in [0.3, 0.4) is 0 Å². The second kappa shape index (κ2) is 9.30. The molecule has 0 unspecified atom stereocenters. The summed E-state index contributed by atoms with van der Waals surface area (Å²) in [5.41, 5.74) is 2.20. The number of hydrogen-bond acceptors (Lipinski definition) is 6. The van der Waals surface area contributed by atoms with Crippen molar-refractivity contribution < 1.29 is 28.6 Å². The molecule has 8 nitrogen and oxygen atoms in total. The fourth-order valence-electron chi connectivity index (χ4n) is 3.40. The van der Waals surface area contributed by atoms with Gasteiger partial charge in [-0.05, 0) is 37.1 Å². The quantitative estimate of drug-likeness (QED) is 0.699. The van der Waals surface area contributed by atoms with Crippen molar-refractivity contribution in [3.8, 4) is 11.5 Å². The maximum atomic E-state index is 12.6. The molecule has 30 heavy (non-hydrogen) atoms. The Balaban J connectivity index is 1.52. The summed E-state index contributed by atoms with van der Waals surface area (Å²) < 4.78 is 15.3. The van der Waals surface area contributed by atoms with Gasteiger partial charge in [0.05, 0.1) is 14.2 Å². The standard InChI is InChI=1S/C22H24N2O6/c1-14-8-15-6-4-5-7-19(15)24(14)20(25)13-30-21(26)12-23-22(27)16-9-17(28-2)11-18(10-16)29-3/h4-7,9-11,14H,8,12-13H2,1-3H3,(H,23,27)/t14-/m1/s1. The van der Waals surface area contributed by atoms with Crippen molar-refractivity contribution in [2.45, 2.75) is 19.4 Å². The fraction of sp³-hybridized carbons (Fsp3) is 0.318. The minimum Gasteiger partial charge on any atom is -0.497 e. The molecule has 0 saturated heterocycles. The molecule has 0 aromatic heterocycles. The molecule has 1 N–H and O–H groups in total. The Bertz CT molecular complexity index is 936. The van der Waals surface area contributed by atoms with Crippen LogP contribution in [0.15, 0.2) is 42.5 Å². The monoisotopic (exact) mass is 412 g/mol. The van der Waals surface area contributed by atoms with Gasteiger partial charge in [0, 0.05) is 23.4 Å². The van der Waals surface area contributed by atoms with Crippen LogP contribution < -0.4 is 19.7 Å². The number of fused-ring (bicyclic) bond motifs is 1. The Labute approximate surface area is 174 Å². The Morgan fingerprint density at radius 3 is 2.40 bits per heavy atom. The van der Waals surface area contributed by atoms with E-state index in [2.05, 4.69) is 5.32 Å². The smallest absolute Gasteiger partial charge is 0.325 e. The number of anilines is 1. The van der Waals surface area contributed by atoms with E-state index in [0.717, 1.165) is 17.7 Å². The van der Waals surface area contributed by atoms with Crippen LogP contribution in [0.2, 0.25) is 0 Å². The average Bonchev–Trinajstić information content (AvgIpc) is 3.10. The van der Waals surface area contributed by atoms with Crippen LogP contribution in [-0.2, 0) is 20.7 Å². The molecule has 1 heterocycles. The molecule has 1 atom stereocenters. The highest BCUT2D eigenvalue weighted by Crippen LogP contribution is 2.31. The second-order valence-electron chi connectivity index (χ2n) is 6.89. The van der Waals surface area contributed by atoms with Crippen molar-refractivity contribution in [2.24, 2.45) is 0 Å². The fourth-order valence-corrected chi connectivity index (χ4v) is 3.40. The number of rotatable bonds is 7. The number of carbonyl (C=O) groups is 3. The first kappa shape index (κ1) is 21.2. The van der Waals surface area contributed by atoms with Gasteiger partial charge in [-0.15, -0.1) is 0 Å². The lowest BCUT2D eigenvalue weighted by atomic mass is 10.1. The molecule has 0 saturated carbocycles. The van der Waals surface area contributed by atoms with Crippen molar-refractivity contribution >= 4 is 23.5 Å². The molecule has 8 heteroatoms. The highest BCUT2D eigenvalue weighted by atomic mass is 16.5. The first-order chi connectivity index (χ1) is 14.4. The number of ether oxygens (including phenoxy) is 3. The van der Waals surface area contributed by atoms with Crippen LogP contribution in [-0.4, -0.2) is 51.2 Å². The molecule has 0 fully saturated rings. The van der Waals surface area contributed by atoms with Crippen molar-refractivity contribution in [1.29, 1.82) is 0 Å². The van der Waals surface area contributed by atoms with E-state index in [1.807, 2.05) is 31.2 Å². The minimum atomic E-state index is -0.702. The SMILES string of the molecule is COc1cc(OC)cc(C(=O)NCC(=O)OCC(=O)N2c3ccccc3C[C@H]2C)c1. The Morgan fingerprint density at radius 1 is 1.07 bits per heavy atom. The highest BCUT2D eigenvalue weighted by molar-refractivity contribution is 5.99. The predicted molar refractivity (Wildman–Crippen MR) is 110 cm³/mol. The molecular weight excluding hydrogens is 388 g/mol. The van der Waals surface area contributed by atoms with Crippen molar-refractivity contribution in [1.82, 2.24) is 5.32 Å². The molecule has 2 aromatic rings. The summed E-state index contributed by atoms with van der Waals surface area (Å²) in [5, 5.41) is 2.47. The van der Waals surface area contributed by atoms with Crippen LogP contribution in [0.25, 0.3) is 0 Å². The highest BCUT2D eigenvalue weighted by Gasteiger charge is 2.30. The Morgan fingerprint density at radius 2 is 1.73 bits per heavy atom. The maximum absolute atomic E-state index is 12.6. The van der Waals surface area contributed by atoms with Crippen molar-refractivity contribution in [2.75, 3.05) is 32.3 Å². The van der Waals surface area contributed by atoms with E-state index in [-0.39, 0.29) is 30.7 Å².